The zero-order chi connectivity index (χ0) is 20.1. The predicted molar refractivity (Wildman–Crippen MR) is 120 cm³/mol. The highest BCUT2D eigenvalue weighted by Crippen LogP contribution is 2.38. The molecule has 4 nitrogen and oxygen atoms in total. The Morgan fingerprint density at radius 1 is 0.966 bits per heavy atom. The van der Waals surface area contributed by atoms with Crippen LogP contribution in [0.4, 0.5) is 10.9 Å². The van der Waals surface area contributed by atoms with Gasteiger partial charge in [-0.15, -0.1) is 11.3 Å². The third-order valence-electron chi connectivity index (χ3n) is 3.86. The fourth-order valence-corrected chi connectivity index (χ4v) is 5.04. The first-order valence-corrected chi connectivity index (χ1v) is 11.3. The lowest BCUT2D eigenvalue weighted by Crippen LogP contribution is -1.96. The van der Waals surface area contributed by atoms with Gasteiger partial charge in [0.2, 0.25) is 0 Å². The largest absolute Gasteiger partial charge is 0.315 e. The quantitative estimate of drug-likeness (QED) is 0.363. The second kappa shape index (κ2) is 9.14. The van der Waals surface area contributed by atoms with Gasteiger partial charge in [-0.2, -0.15) is 5.26 Å². The Morgan fingerprint density at radius 2 is 1.72 bits per heavy atom. The lowest BCUT2D eigenvalue weighted by Gasteiger charge is -2.11. The van der Waals surface area contributed by atoms with Crippen LogP contribution in [0, 0.1) is 18.3 Å². The standard InChI is InChI=1S/C22H16N4S3/c1-15-14-27-22(25-15)26-21-20(29-17-5-3-2-4-6-17)11-19(13-24-21)28-18-9-7-16(12-23)8-10-18/h2-11,13-14H,1H3,(H,24,25,26). The number of aromatic nitrogens is 2. The molecule has 1 N–H and O–H groups in total. The van der Waals surface area contributed by atoms with Crippen molar-refractivity contribution in [2.45, 2.75) is 26.5 Å². The van der Waals surface area contributed by atoms with Gasteiger partial charge >= 0.3 is 0 Å². The number of hydrogen-bond acceptors (Lipinski definition) is 7. The molecule has 142 valence electrons. The number of rotatable bonds is 6. The normalized spacial score (nSPS) is 10.5. The Kier molecular flexibility index (Phi) is 6.15. The summed E-state index contributed by atoms with van der Waals surface area (Å²) in [5.41, 5.74) is 1.65. The summed E-state index contributed by atoms with van der Waals surface area (Å²) in [6.07, 6.45) is 1.86. The van der Waals surface area contributed by atoms with Crippen LogP contribution in [0.15, 0.2) is 91.8 Å². The van der Waals surface area contributed by atoms with Crippen molar-refractivity contribution in [2.24, 2.45) is 0 Å². The summed E-state index contributed by atoms with van der Waals surface area (Å²) in [7, 11) is 0. The van der Waals surface area contributed by atoms with Crippen LogP contribution >= 0.6 is 34.9 Å². The van der Waals surface area contributed by atoms with Crippen LogP contribution in [0.3, 0.4) is 0 Å². The molecule has 0 bridgehead atoms. The van der Waals surface area contributed by atoms with E-state index in [-0.39, 0.29) is 0 Å². The smallest absolute Gasteiger partial charge is 0.188 e. The molecule has 0 amide bonds. The van der Waals surface area contributed by atoms with E-state index in [1.54, 1.807) is 34.9 Å². The zero-order valence-corrected chi connectivity index (χ0v) is 17.9. The van der Waals surface area contributed by atoms with Gasteiger partial charge in [0.25, 0.3) is 0 Å². The Morgan fingerprint density at radius 3 is 2.41 bits per heavy atom. The molecule has 0 saturated heterocycles. The van der Waals surface area contributed by atoms with E-state index >= 15 is 0 Å². The third-order valence-corrected chi connectivity index (χ3v) is 6.74. The molecule has 0 aliphatic rings. The first-order valence-electron chi connectivity index (χ1n) is 8.80. The zero-order valence-electron chi connectivity index (χ0n) is 15.5. The van der Waals surface area contributed by atoms with E-state index in [0.29, 0.717) is 5.56 Å². The summed E-state index contributed by atoms with van der Waals surface area (Å²) in [4.78, 5) is 13.4. The van der Waals surface area contributed by atoms with Crippen LogP contribution in [0.2, 0.25) is 0 Å². The molecular weight excluding hydrogens is 416 g/mol. The van der Waals surface area contributed by atoms with Crippen LogP contribution < -0.4 is 5.32 Å². The average molecular weight is 433 g/mol. The van der Waals surface area contributed by atoms with Crippen molar-refractivity contribution in [3.63, 3.8) is 0 Å². The lowest BCUT2D eigenvalue weighted by molar-refractivity contribution is 1.14. The number of hydrogen-bond donors (Lipinski definition) is 1. The van der Waals surface area contributed by atoms with E-state index in [9.17, 15) is 0 Å². The van der Waals surface area contributed by atoms with Crippen molar-refractivity contribution < 1.29 is 0 Å². The Hall–Kier alpha value is -2.79. The van der Waals surface area contributed by atoms with Gasteiger partial charge < -0.3 is 5.32 Å². The second-order valence-electron chi connectivity index (χ2n) is 6.09. The van der Waals surface area contributed by atoms with Crippen molar-refractivity contribution >= 4 is 45.8 Å². The molecule has 0 saturated carbocycles. The Bertz CT molecular complexity index is 1150. The highest BCUT2D eigenvalue weighted by molar-refractivity contribution is 8.00. The Labute approximate surface area is 182 Å². The first-order chi connectivity index (χ1) is 14.2. The average Bonchev–Trinajstić information content (AvgIpc) is 3.16. The summed E-state index contributed by atoms with van der Waals surface area (Å²) in [5, 5.41) is 15.2. The lowest BCUT2D eigenvalue weighted by atomic mass is 10.2. The molecular formula is C22H16N4S3. The molecule has 0 aliphatic heterocycles. The van der Waals surface area contributed by atoms with Crippen LogP contribution in [0.5, 0.6) is 0 Å². The molecule has 0 spiro atoms. The van der Waals surface area contributed by atoms with Crippen LogP contribution in [-0.2, 0) is 0 Å². The predicted octanol–water partition coefficient (Wildman–Crippen LogP) is 6.76. The third kappa shape index (κ3) is 5.18. The molecule has 2 aromatic heterocycles. The number of nitrogens with one attached hydrogen (secondary N) is 1. The number of nitrogens with zero attached hydrogens (tertiary/aromatic N) is 3. The van der Waals surface area contributed by atoms with Gasteiger partial charge in [-0.25, -0.2) is 9.97 Å². The number of aryl methyl sites for hydroxylation is 1. The molecule has 2 aromatic carbocycles. The van der Waals surface area contributed by atoms with E-state index in [4.69, 9.17) is 5.26 Å². The van der Waals surface area contributed by atoms with E-state index in [0.717, 1.165) is 36.2 Å². The van der Waals surface area contributed by atoms with Crippen molar-refractivity contribution in [3.05, 3.63) is 83.5 Å². The monoisotopic (exact) mass is 432 g/mol. The minimum Gasteiger partial charge on any atom is -0.315 e. The number of nitriles is 1. The molecule has 29 heavy (non-hydrogen) atoms. The van der Waals surface area contributed by atoms with Gasteiger partial charge in [0.15, 0.2) is 5.13 Å². The molecule has 0 fully saturated rings. The molecule has 2 heterocycles. The summed E-state index contributed by atoms with van der Waals surface area (Å²) in [6.45, 7) is 1.98. The van der Waals surface area contributed by atoms with Crippen LogP contribution in [-0.4, -0.2) is 9.97 Å². The van der Waals surface area contributed by atoms with Gasteiger partial charge in [0.1, 0.15) is 5.82 Å². The van der Waals surface area contributed by atoms with Gasteiger partial charge in [-0.1, -0.05) is 41.7 Å². The maximum absolute atomic E-state index is 8.97. The summed E-state index contributed by atoms with van der Waals surface area (Å²) >= 11 is 4.86. The van der Waals surface area contributed by atoms with E-state index < -0.39 is 0 Å². The minimum atomic E-state index is 0.658. The van der Waals surface area contributed by atoms with Gasteiger partial charge in [0, 0.05) is 26.3 Å². The summed E-state index contributed by atoms with van der Waals surface area (Å²) in [6, 6.07) is 22.1. The fraction of sp³-hybridized carbons (Fsp3) is 0.0455. The summed E-state index contributed by atoms with van der Waals surface area (Å²) < 4.78 is 0. The summed E-state index contributed by atoms with van der Waals surface area (Å²) in [5.74, 6) is 0.789. The SMILES string of the molecule is Cc1csc(Nc2ncc(Sc3ccc(C#N)cc3)cc2Sc2ccccc2)n1. The van der Waals surface area contributed by atoms with Crippen molar-refractivity contribution in [1.29, 1.82) is 5.26 Å². The van der Waals surface area contributed by atoms with Gasteiger partial charge in [-0.3, -0.25) is 0 Å². The molecule has 0 aliphatic carbocycles. The number of anilines is 2. The maximum Gasteiger partial charge on any atom is 0.188 e. The minimum absolute atomic E-state index is 0.658. The molecule has 0 unspecified atom stereocenters. The molecule has 0 radical (unpaired) electrons. The highest BCUT2D eigenvalue weighted by Gasteiger charge is 2.11. The second-order valence-corrected chi connectivity index (χ2v) is 9.21. The molecule has 4 rings (SSSR count). The maximum atomic E-state index is 8.97. The molecule has 7 heteroatoms. The van der Waals surface area contributed by atoms with Crippen molar-refractivity contribution in [2.75, 3.05) is 5.32 Å². The first kappa shape index (κ1) is 19.5. The topological polar surface area (TPSA) is 61.6 Å². The van der Waals surface area contributed by atoms with Crippen molar-refractivity contribution in [1.82, 2.24) is 9.97 Å². The number of thiazole rings is 1. The van der Waals surface area contributed by atoms with Crippen LogP contribution in [0.1, 0.15) is 11.3 Å². The molecule has 0 atom stereocenters. The highest BCUT2D eigenvalue weighted by atomic mass is 32.2. The fourth-order valence-electron chi connectivity index (χ4n) is 2.52. The number of benzene rings is 2. The van der Waals surface area contributed by atoms with Gasteiger partial charge in [0.05, 0.1) is 22.2 Å². The van der Waals surface area contributed by atoms with E-state index in [2.05, 4.69) is 39.6 Å². The van der Waals surface area contributed by atoms with Gasteiger partial charge in [-0.05, 0) is 49.4 Å². The number of pyridine rings is 1. The Balaban J connectivity index is 1.63. The van der Waals surface area contributed by atoms with Crippen molar-refractivity contribution in [3.8, 4) is 6.07 Å². The van der Waals surface area contributed by atoms with Crippen LogP contribution in [0.25, 0.3) is 0 Å². The molecule has 4 aromatic rings. The van der Waals surface area contributed by atoms with E-state index in [1.165, 1.54) is 0 Å². The van der Waals surface area contributed by atoms with E-state index in [1.807, 2.05) is 61.0 Å².